The second-order valence-corrected chi connectivity index (χ2v) is 5.84. The lowest BCUT2D eigenvalue weighted by Gasteiger charge is -2.09. The van der Waals surface area contributed by atoms with Crippen LogP contribution >= 0.6 is 0 Å². The van der Waals surface area contributed by atoms with E-state index in [9.17, 15) is 9.90 Å². The highest BCUT2D eigenvalue weighted by molar-refractivity contribution is 5.73. The monoisotopic (exact) mass is 365 g/mol. The molecule has 3 N–H and O–H groups in total. The van der Waals surface area contributed by atoms with E-state index in [2.05, 4.69) is 30.3 Å². The molecule has 0 spiro atoms. The number of phenols is 1. The van der Waals surface area contributed by atoms with Crippen molar-refractivity contribution in [3.05, 3.63) is 59.9 Å². The van der Waals surface area contributed by atoms with Gasteiger partial charge in [0.05, 0.1) is 13.5 Å². The minimum absolute atomic E-state index is 0.187. The van der Waals surface area contributed by atoms with Crippen molar-refractivity contribution >= 4 is 29.2 Å². The molecule has 8 heteroatoms. The Morgan fingerprint density at radius 1 is 1.07 bits per heavy atom. The van der Waals surface area contributed by atoms with E-state index in [1.807, 2.05) is 37.3 Å². The van der Waals surface area contributed by atoms with Gasteiger partial charge in [-0.2, -0.15) is 4.98 Å². The molecule has 2 aromatic carbocycles. The lowest BCUT2D eigenvalue weighted by atomic mass is 10.1. The van der Waals surface area contributed by atoms with Gasteiger partial charge in [0.15, 0.2) is 0 Å². The lowest BCUT2D eigenvalue weighted by Crippen LogP contribution is -2.05. The van der Waals surface area contributed by atoms with Crippen LogP contribution in [-0.4, -0.2) is 33.1 Å². The number of methoxy groups -OCH3 is 1. The standard InChI is InChI=1S/C19H19N5O3/c1-12-6-7-15(10-16(12)25)23-19-21-11-20-18(24-19)22-14-5-3-4-13(8-14)9-17(26)27-2/h3-8,10-11,25H,9H2,1-2H3,(H2,20,21,22,23,24). The first-order valence-electron chi connectivity index (χ1n) is 8.22. The maximum absolute atomic E-state index is 11.4. The number of aromatic nitrogens is 3. The van der Waals surface area contributed by atoms with Crippen LogP contribution in [0.25, 0.3) is 0 Å². The number of hydrogen-bond acceptors (Lipinski definition) is 8. The number of ether oxygens (including phenoxy) is 1. The highest BCUT2D eigenvalue weighted by Gasteiger charge is 2.06. The Morgan fingerprint density at radius 2 is 1.78 bits per heavy atom. The van der Waals surface area contributed by atoms with Crippen LogP contribution in [0.1, 0.15) is 11.1 Å². The van der Waals surface area contributed by atoms with E-state index in [4.69, 9.17) is 0 Å². The number of rotatable bonds is 6. The topological polar surface area (TPSA) is 109 Å². The molecule has 3 rings (SSSR count). The molecule has 8 nitrogen and oxygen atoms in total. The number of aryl methyl sites for hydroxylation is 1. The Hall–Kier alpha value is -3.68. The maximum Gasteiger partial charge on any atom is 0.309 e. The summed E-state index contributed by atoms with van der Waals surface area (Å²) in [6.07, 6.45) is 1.57. The Kier molecular flexibility index (Phi) is 5.46. The number of phenolic OH excluding ortho intramolecular Hbond substituents is 1. The number of benzene rings is 2. The fraction of sp³-hybridized carbons (Fsp3) is 0.158. The van der Waals surface area contributed by atoms with Crippen molar-refractivity contribution in [2.24, 2.45) is 0 Å². The van der Waals surface area contributed by atoms with E-state index in [0.717, 1.165) is 16.8 Å². The van der Waals surface area contributed by atoms with Crippen LogP contribution in [0, 0.1) is 6.92 Å². The van der Waals surface area contributed by atoms with Gasteiger partial charge in [-0.3, -0.25) is 4.79 Å². The summed E-state index contributed by atoms with van der Waals surface area (Å²) in [6.45, 7) is 1.82. The number of carbonyl (C=O) groups is 1. The Morgan fingerprint density at radius 3 is 2.44 bits per heavy atom. The number of esters is 1. The van der Waals surface area contributed by atoms with Crippen molar-refractivity contribution in [3.63, 3.8) is 0 Å². The highest BCUT2D eigenvalue weighted by atomic mass is 16.5. The van der Waals surface area contributed by atoms with E-state index in [0.29, 0.717) is 17.6 Å². The zero-order chi connectivity index (χ0) is 19.2. The number of hydrogen-bond donors (Lipinski definition) is 3. The molecule has 1 aromatic heterocycles. The average molecular weight is 365 g/mol. The second-order valence-electron chi connectivity index (χ2n) is 5.84. The summed E-state index contributed by atoms with van der Waals surface area (Å²) in [6, 6.07) is 12.6. The Balaban J connectivity index is 1.73. The van der Waals surface area contributed by atoms with Gasteiger partial charge in [-0.1, -0.05) is 18.2 Å². The van der Waals surface area contributed by atoms with Gasteiger partial charge < -0.3 is 20.5 Å². The fourth-order valence-corrected chi connectivity index (χ4v) is 2.36. The van der Waals surface area contributed by atoms with Crippen molar-refractivity contribution in [1.82, 2.24) is 15.0 Å². The lowest BCUT2D eigenvalue weighted by molar-refractivity contribution is -0.139. The van der Waals surface area contributed by atoms with Gasteiger partial charge in [0.2, 0.25) is 11.9 Å². The van der Waals surface area contributed by atoms with E-state index in [-0.39, 0.29) is 18.1 Å². The number of carbonyl (C=O) groups excluding carboxylic acids is 1. The van der Waals surface area contributed by atoms with E-state index in [1.165, 1.54) is 13.4 Å². The van der Waals surface area contributed by atoms with Crippen LogP contribution in [0.4, 0.5) is 23.3 Å². The summed E-state index contributed by atoms with van der Waals surface area (Å²) in [5, 5.41) is 15.9. The molecule has 0 unspecified atom stereocenters. The highest BCUT2D eigenvalue weighted by Crippen LogP contribution is 2.23. The van der Waals surface area contributed by atoms with Crippen LogP contribution in [0.3, 0.4) is 0 Å². The number of nitrogens with one attached hydrogen (secondary N) is 2. The van der Waals surface area contributed by atoms with Gasteiger partial charge in [0, 0.05) is 17.4 Å². The summed E-state index contributed by atoms with van der Waals surface area (Å²) < 4.78 is 4.68. The molecule has 1 heterocycles. The molecular formula is C19H19N5O3. The third-order valence-corrected chi connectivity index (χ3v) is 3.80. The molecule has 0 aliphatic heterocycles. The molecule has 0 radical (unpaired) electrons. The van der Waals surface area contributed by atoms with Crippen molar-refractivity contribution in [3.8, 4) is 5.75 Å². The van der Waals surface area contributed by atoms with Crippen LogP contribution in [0.2, 0.25) is 0 Å². The smallest absolute Gasteiger partial charge is 0.309 e. The Labute approximate surface area is 156 Å². The maximum atomic E-state index is 11.4. The first kappa shape index (κ1) is 18.1. The minimum atomic E-state index is -0.305. The first-order chi connectivity index (χ1) is 13.0. The summed E-state index contributed by atoms with van der Waals surface area (Å²) >= 11 is 0. The molecule has 0 saturated carbocycles. The molecule has 3 aromatic rings. The zero-order valence-corrected chi connectivity index (χ0v) is 14.9. The van der Waals surface area contributed by atoms with Gasteiger partial charge in [-0.05, 0) is 36.2 Å². The van der Waals surface area contributed by atoms with Gasteiger partial charge >= 0.3 is 5.97 Å². The molecule has 27 heavy (non-hydrogen) atoms. The number of aromatic hydroxyl groups is 1. The normalized spacial score (nSPS) is 10.3. The SMILES string of the molecule is COC(=O)Cc1cccc(Nc2ncnc(Nc3ccc(C)c(O)c3)n2)c1. The van der Waals surface area contributed by atoms with Gasteiger partial charge in [0.25, 0.3) is 0 Å². The van der Waals surface area contributed by atoms with Crippen molar-refractivity contribution in [1.29, 1.82) is 0 Å². The summed E-state index contributed by atoms with van der Waals surface area (Å²) in [4.78, 5) is 23.9. The third kappa shape index (κ3) is 4.91. The molecule has 0 bridgehead atoms. The number of nitrogens with zero attached hydrogens (tertiary/aromatic N) is 3. The predicted molar refractivity (Wildman–Crippen MR) is 101 cm³/mol. The predicted octanol–water partition coefficient (Wildman–Crippen LogP) is 3.09. The molecule has 0 atom stereocenters. The molecule has 0 amide bonds. The Bertz CT molecular complexity index is 962. The van der Waals surface area contributed by atoms with Crippen LogP contribution in [0.15, 0.2) is 48.8 Å². The number of anilines is 4. The van der Waals surface area contributed by atoms with Crippen LogP contribution in [-0.2, 0) is 16.0 Å². The average Bonchev–Trinajstić information content (AvgIpc) is 2.65. The molecule has 138 valence electrons. The van der Waals surface area contributed by atoms with Crippen molar-refractivity contribution < 1.29 is 14.6 Å². The van der Waals surface area contributed by atoms with E-state index >= 15 is 0 Å². The first-order valence-corrected chi connectivity index (χ1v) is 8.22. The summed E-state index contributed by atoms with van der Waals surface area (Å²) in [5.74, 6) is 0.565. The zero-order valence-electron chi connectivity index (χ0n) is 14.9. The molecule has 0 saturated heterocycles. The van der Waals surface area contributed by atoms with Crippen LogP contribution < -0.4 is 10.6 Å². The summed E-state index contributed by atoms with van der Waals surface area (Å²) in [5.41, 5.74) is 3.00. The van der Waals surface area contributed by atoms with Crippen molar-refractivity contribution in [2.45, 2.75) is 13.3 Å². The van der Waals surface area contributed by atoms with E-state index < -0.39 is 0 Å². The molecular weight excluding hydrogens is 346 g/mol. The molecule has 0 aliphatic rings. The minimum Gasteiger partial charge on any atom is -0.508 e. The third-order valence-electron chi connectivity index (χ3n) is 3.80. The molecule has 0 aliphatic carbocycles. The van der Waals surface area contributed by atoms with E-state index in [1.54, 1.807) is 12.1 Å². The van der Waals surface area contributed by atoms with Crippen LogP contribution in [0.5, 0.6) is 5.75 Å². The summed E-state index contributed by atoms with van der Waals surface area (Å²) in [7, 11) is 1.36. The van der Waals surface area contributed by atoms with Gasteiger partial charge in [0.1, 0.15) is 12.1 Å². The fourth-order valence-electron chi connectivity index (χ4n) is 2.36. The van der Waals surface area contributed by atoms with Crippen molar-refractivity contribution in [2.75, 3.05) is 17.7 Å². The second kappa shape index (κ2) is 8.13. The largest absolute Gasteiger partial charge is 0.508 e. The quantitative estimate of drug-likeness (QED) is 0.572. The molecule has 0 fully saturated rings. The van der Waals surface area contributed by atoms with Gasteiger partial charge in [-0.15, -0.1) is 0 Å². The van der Waals surface area contributed by atoms with Gasteiger partial charge in [-0.25, -0.2) is 9.97 Å².